The normalized spacial score (nSPS) is 17.0. The Labute approximate surface area is 417 Å². The molecule has 0 fully saturated rings. The zero-order valence-electron chi connectivity index (χ0n) is 39.8. The summed E-state index contributed by atoms with van der Waals surface area (Å²) < 4.78 is 0. The molecule has 71 heavy (non-hydrogen) atoms. The van der Waals surface area contributed by atoms with Crippen molar-refractivity contribution in [3.05, 3.63) is 296 Å². The Hall–Kier alpha value is -8.86. The molecule has 3 aliphatic rings. The van der Waals surface area contributed by atoms with Crippen molar-refractivity contribution in [3.63, 3.8) is 0 Å². The molecule has 0 saturated heterocycles. The van der Waals surface area contributed by atoms with Crippen LogP contribution in [0.3, 0.4) is 0 Å². The molecule has 4 nitrogen and oxygen atoms in total. The first-order valence-corrected chi connectivity index (χ1v) is 24.7. The maximum atomic E-state index is 2.52. The molecular weight excluding hydrogens is 861 g/mol. The van der Waals surface area contributed by atoms with Crippen LogP contribution >= 0.6 is 0 Å². The third-order valence-corrected chi connectivity index (χ3v) is 14.2. The van der Waals surface area contributed by atoms with Crippen LogP contribution in [0.2, 0.25) is 0 Å². The summed E-state index contributed by atoms with van der Waals surface area (Å²) in [5.41, 5.74) is 13.3. The molecule has 342 valence electrons. The second-order valence-corrected chi connectivity index (χ2v) is 18.8. The Bertz CT molecular complexity index is 3380. The molecule has 3 aliphatic carbocycles. The SMILES string of the molecule is CC1(N(c2ccc(N(c3ccccc3)c3ccc4ccccc4c3)cc2)c2ccc(N(c3ccccc3)c3ccc4ccccc4c3)cc2)C=CC(N(C2=CCC3C=CC=CC3=C2)c2ccccc2)=CC1. The summed E-state index contributed by atoms with van der Waals surface area (Å²) in [5.74, 6) is 0.423. The van der Waals surface area contributed by atoms with Gasteiger partial charge in [0.2, 0.25) is 0 Å². The van der Waals surface area contributed by atoms with E-state index in [1.54, 1.807) is 0 Å². The summed E-state index contributed by atoms with van der Waals surface area (Å²) in [6.45, 7) is 2.37. The molecule has 0 saturated carbocycles. The average Bonchev–Trinajstić information content (AvgIpc) is 3.43. The lowest BCUT2D eigenvalue weighted by Gasteiger charge is -2.43. The molecule has 0 amide bonds. The second kappa shape index (κ2) is 18.9. The highest BCUT2D eigenvalue weighted by molar-refractivity contribution is 5.91. The summed E-state index contributed by atoms with van der Waals surface area (Å²) in [6, 6.07) is 81.1. The van der Waals surface area contributed by atoms with Gasteiger partial charge in [-0.05, 0) is 168 Å². The quantitative estimate of drug-likeness (QED) is 0.121. The summed E-state index contributed by atoms with van der Waals surface area (Å²) >= 11 is 0. The number of nitrogens with zero attached hydrogens (tertiary/aromatic N) is 4. The van der Waals surface area contributed by atoms with E-state index < -0.39 is 5.54 Å². The van der Waals surface area contributed by atoms with Gasteiger partial charge >= 0.3 is 0 Å². The Morgan fingerprint density at radius 2 is 0.817 bits per heavy atom. The predicted octanol–water partition coefficient (Wildman–Crippen LogP) is 18.1. The van der Waals surface area contributed by atoms with E-state index in [9.17, 15) is 0 Å². The summed E-state index contributed by atoms with van der Waals surface area (Å²) in [5, 5.41) is 4.87. The third kappa shape index (κ3) is 8.66. The number of fused-ring (bicyclic) bond motifs is 3. The lowest BCUT2D eigenvalue weighted by atomic mass is 9.86. The van der Waals surface area contributed by atoms with E-state index in [4.69, 9.17) is 0 Å². The molecular formula is C67H54N4. The van der Waals surface area contributed by atoms with Crippen molar-refractivity contribution < 1.29 is 0 Å². The zero-order valence-corrected chi connectivity index (χ0v) is 39.8. The predicted molar refractivity (Wildman–Crippen MR) is 301 cm³/mol. The number of rotatable bonds is 12. The molecule has 0 bridgehead atoms. The van der Waals surface area contributed by atoms with Gasteiger partial charge in [-0.25, -0.2) is 0 Å². The first-order chi connectivity index (χ1) is 35.0. The van der Waals surface area contributed by atoms with Crippen molar-refractivity contribution in [2.45, 2.75) is 25.3 Å². The molecule has 0 radical (unpaired) electrons. The molecule has 2 unspecified atom stereocenters. The highest BCUT2D eigenvalue weighted by atomic mass is 15.2. The molecule has 9 aromatic carbocycles. The monoisotopic (exact) mass is 914 g/mol. The Morgan fingerprint density at radius 1 is 0.380 bits per heavy atom. The number of hydrogen-bond acceptors (Lipinski definition) is 4. The van der Waals surface area contributed by atoms with E-state index in [1.807, 2.05) is 0 Å². The van der Waals surface area contributed by atoms with E-state index in [0.29, 0.717) is 5.92 Å². The molecule has 2 atom stereocenters. The summed E-state index contributed by atoms with van der Waals surface area (Å²) in [6.07, 6.45) is 22.6. The van der Waals surface area contributed by atoms with Crippen LogP contribution in [0.1, 0.15) is 19.8 Å². The van der Waals surface area contributed by atoms with Crippen LogP contribution in [-0.4, -0.2) is 5.54 Å². The zero-order chi connectivity index (χ0) is 47.6. The number of allylic oxidation sites excluding steroid dienone is 8. The van der Waals surface area contributed by atoms with Gasteiger partial charge in [0.25, 0.3) is 0 Å². The molecule has 0 N–H and O–H groups in total. The van der Waals surface area contributed by atoms with Crippen LogP contribution in [0.15, 0.2) is 296 Å². The lowest BCUT2D eigenvalue weighted by molar-refractivity contribution is 0.566. The van der Waals surface area contributed by atoms with Crippen molar-refractivity contribution in [2.24, 2.45) is 5.92 Å². The highest BCUT2D eigenvalue weighted by Crippen LogP contribution is 2.45. The van der Waals surface area contributed by atoms with E-state index >= 15 is 0 Å². The number of hydrogen-bond donors (Lipinski definition) is 0. The van der Waals surface area contributed by atoms with Crippen LogP contribution < -0.4 is 19.6 Å². The largest absolute Gasteiger partial charge is 0.332 e. The Balaban J connectivity index is 0.942. The molecule has 4 heteroatoms. The maximum Gasteiger partial charge on any atom is 0.0644 e. The first kappa shape index (κ1) is 43.4. The third-order valence-electron chi connectivity index (χ3n) is 14.2. The van der Waals surface area contributed by atoms with E-state index in [1.165, 1.54) is 38.5 Å². The van der Waals surface area contributed by atoms with Crippen LogP contribution in [0, 0.1) is 5.92 Å². The average molecular weight is 915 g/mol. The minimum atomic E-state index is -0.425. The van der Waals surface area contributed by atoms with Gasteiger partial charge in [0.1, 0.15) is 0 Å². The van der Waals surface area contributed by atoms with Gasteiger partial charge in [0.05, 0.1) is 5.54 Å². The maximum absolute atomic E-state index is 2.52. The number of benzene rings is 9. The van der Waals surface area contributed by atoms with Crippen molar-refractivity contribution in [1.82, 2.24) is 0 Å². The summed E-state index contributed by atoms with van der Waals surface area (Å²) in [7, 11) is 0. The fourth-order valence-corrected chi connectivity index (χ4v) is 10.6. The summed E-state index contributed by atoms with van der Waals surface area (Å²) in [4.78, 5) is 9.66. The standard InChI is InChI=1S/C67H54N4/c1-67(45-43-61(44-46-67)70(58-27-9-4-10-28-58)66-34-31-52-19-13-16-22-55(52)49-66)71(62-39-35-59(36-40-62)68(56-23-5-2-6-24-56)64-32-29-50-17-11-14-20-53(50)47-64)63-41-37-60(38-42-63)69(57-25-7-3-8-26-57)65-33-30-51-18-12-15-21-54(51)48-65/h2-30,32-45,47-49,52H,31,46H2,1H3. The molecule has 9 aromatic rings. The minimum Gasteiger partial charge on any atom is -0.332 e. The van der Waals surface area contributed by atoms with Gasteiger partial charge < -0.3 is 19.6 Å². The van der Waals surface area contributed by atoms with Crippen molar-refractivity contribution >= 4 is 72.7 Å². The van der Waals surface area contributed by atoms with Gasteiger partial charge in [-0.2, -0.15) is 0 Å². The van der Waals surface area contributed by atoms with Crippen molar-refractivity contribution in [3.8, 4) is 0 Å². The lowest BCUT2D eigenvalue weighted by Crippen LogP contribution is -2.43. The topological polar surface area (TPSA) is 13.0 Å². The Kier molecular flexibility index (Phi) is 11.6. The van der Waals surface area contributed by atoms with Crippen molar-refractivity contribution in [2.75, 3.05) is 19.6 Å². The highest BCUT2D eigenvalue weighted by Gasteiger charge is 2.34. The molecule has 12 rings (SSSR count). The minimum absolute atomic E-state index is 0.423. The van der Waals surface area contributed by atoms with E-state index in [0.717, 1.165) is 64.0 Å². The Morgan fingerprint density at radius 3 is 1.31 bits per heavy atom. The molecule has 0 spiro atoms. The van der Waals surface area contributed by atoms with Crippen LogP contribution in [0.4, 0.5) is 51.2 Å². The van der Waals surface area contributed by atoms with E-state index in [-0.39, 0.29) is 0 Å². The number of para-hydroxylation sites is 3. The van der Waals surface area contributed by atoms with Gasteiger partial charge in [0, 0.05) is 68.5 Å². The van der Waals surface area contributed by atoms with Gasteiger partial charge in [-0.1, -0.05) is 158 Å². The first-order valence-electron chi connectivity index (χ1n) is 24.7. The van der Waals surface area contributed by atoms with Gasteiger partial charge in [0.15, 0.2) is 0 Å². The van der Waals surface area contributed by atoms with Gasteiger partial charge in [-0.15, -0.1) is 0 Å². The molecule has 0 heterocycles. The fourth-order valence-electron chi connectivity index (χ4n) is 10.6. The molecule has 0 aliphatic heterocycles. The van der Waals surface area contributed by atoms with Crippen LogP contribution in [0.25, 0.3) is 21.5 Å². The second-order valence-electron chi connectivity index (χ2n) is 18.8. The smallest absolute Gasteiger partial charge is 0.0644 e. The van der Waals surface area contributed by atoms with Gasteiger partial charge in [-0.3, -0.25) is 0 Å². The number of anilines is 9. The van der Waals surface area contributed by atoms with Crippen LogP contribution in [-0.2, 0) is 0 Å². The van der Waals surface area contributed by atoms with E-state index in [2.05, 4.69) is 306 Å². The van der Waals surface area contributed by atoms with Crippen LogP contribution in [0.5, 0.6) is 0 Å². The fraction of sp³-hybridized carbons (Fsp3) is 0.0746. The molecule has 0 aromatic heterocycles. The van der Waals surface area contributed by atoms with Crippen molar-refractivity contribution in [1.29, 1.82) is 0 Å².